The molecule has 1 unspecified atom stereocenters. The summed E-state index contributed by atoms with van der Waals surface area (Å²) in [5.74, 6) is -2.76. The molecule has 0 N–H and O–H groups in total. The number of pyridine rings is 1. The van der Waals surface area contributed by atoms with Crippen LogP contribution in [0, 0.1) is 0 Å². The summed E-state index contributed by atoms with van der Waals surface area (Å²) in [6, 6.07) is 5.02. The lowest BCUT2D eigenvalue weighted by molar-refractivity contribution is 0.0126. The fourth-order valence-electron chi connectivity index (χ4n) is 2.61. The van der Waals surface area contributed by atoms with E-state index in [0.717, 1.165) is 18.2 Å². The molecule has 2 aromatic heterocycles. The highest BCUT2D eigenvalue weighted by molar-refractivity contribution is 5.25. The molecule has 1 atom stereocenters. The van der Waals surface area contributed by atoms with Crippen LogP contribution >= 0.6 is 0 Å². The van der Waals surface area contributed by atoms with Crippen LogP contribution in [0.25, 0.3) is 0 Å². The molecule has 0 aliphatic heterocycles. The summed E-state index contributed by atoms with van der Waals surface area (Å²) >= 11 is 0. The number of aromatic nitrogens is 3. The summed E-state index contributed by atoms with van der Waals surface area (Å²) < 4.78 is 41.4. The van der Waals surface area contributed by atoms with Crippen molar-refractivity contribution in [1.82, 2.24) is 15.0 Å². The molecule has 0 fully saturated rings. The molecule has 0 bridgehead atoms. The van der Waals surface area contributed by atoms with Crippen molar-refractivity contribution >= 4 is 0 Å². The maximum Gasteiger partial charge on any atom is 0.286 e. The third kappa shape index (κ3) is 5.02. The van der Waals surface area contributed by atoms with Gasteiger partial charge in [0.15, 0.2) is 11.5 Å². The molecule has 0 saturated carbocycles. The van der Waals surface area contributed by atoms with Gasteiger partial charge in [0.25, 0.3) is 5.92 Å². The van der Waals surface area contributed by atoms with Gasteiger partial charge in [-0.2, -0.15) is 8.78 Å². The molecule has 0 aromatic carbocycles. The molecule has 3 nitrogen and oxygen atoms in total. The summed E-state index contributed by atoms with van der Waals surface area (Å²) in [5, 5.41) is 0. The zero-order chi connectivity index (χ0) is 19.7. The van der Waals surface area contributed by atoms with E-state index >= 15 is 0 Å². The van der Waals surface area contributed by atoms with Gasteiger partial charge >= 0.3 is 0 Å². The van der Waals surface area contributed by atoms with E-state index in [9.17, 15) is 13.2 Å². The molecule has 0 radical (unpaired) electrons. The van der Waals surface area contributed by atoms with Gasteiger partial charge in [0.1, 0.15) is 5.69 Å². The first-order valence-corrected chi connectivity index (χ1v) is 8.79. The molecule has 26 heavy (non-hydrogen) atoms. The molecular weight excluding hydrogens is 339 g/mol. The second-order valence-electron chi connectivity index (χ2n) is 7.70. The first-order valence-electron chi connectivity index (χ1n) is 8.79. The molecule has 0 amide bonds. The maximum atomic E-state index is 14.4. The zero-order valence-electron chi connectivity index (χ0n) is 16.1. The highest BCUT2D eigenvalue weighted by Crippen LogP contribution is 2.29. The van der Waals surface area contributed by atoms with Gasteiger partial charge in [-0.15, -0.1) is 0 Å². The Bertz CT molecular complexity index is 762. The lowest BCUT2D eigenvalue weighted by Crippen LogP contribution is -2.18. The zero-order valence-corrected chi connectivity index (χ0v) is 16.1. The maximum absolute atomic E-state index is 14.4. The molecule has 2 aromatic rings. The van der Waals surface area contributed by atoms with Crippen LogP contribution in [0.3, 0.4) is 0 Å². The smallest absolute Gasteiger partial charge is 0.255 e. The Morgan fingerprint density at radius 1 is 1.00 bits per heavy atom. The lowest BCUT2D eigenvalue weighted by atomic mass is 9.94. The number of nitrogens with zero attached hydrogens (tertiary/aromatic N) is 3. The minimum absolute atomic E-state index is 0.0652. The third-order valence-corrected chi connectivity index (χ3v) is 4.24. The predicted molar refractivity (Wildman–Crippen MR) is 96.2 cm³/mol. The van der Waals surface area contributed by atoms with E-state index in [1.807, 2.05) is 26.8 Å². The van der Waals surface area contributed by atoms with Gasteiger partial charge in [-0.3, -0.25) is 4.98 Å². The first kappa shape index (κ1) is 20.3. The van der Waals surface area contributed by atoms with Gasteiger partial charge in [0.2, 0.25) is 0 Å². The monoisotopic (exact) mass is 365 g/mol. The van der Waals surface area contributed by atoms with E-state index in [4.69, 9.17) is 0 Å². The van der Waals surface area contributed by atoms with E-state index in [2.05, 4.69) is 15.0 Å². The van der Waals surface area contributed by atoms with Gasteiger partial charge in [-0.25, -0.2) is 14.4 Å². The molecule has 0 aliphatic rings. The largest absolute Gasteiger partial charge is 0.286 e. The van der Waals surface area contributed by atoms with Crippen molar-refractivity contribution < 1.29 is 13.2 Å². The average molecular weight is 365 g/mol. The van der Waals surface area contributed by atoms with Crippen LogP contribution in [0.2, 0.25) is 0 Å². The fraction of sp³-hybridized carbons (Fsp3) is 0.550. The minimum Gasteiger partial charge on any atom is -0.255 e. The highest BCUT2D eigenvalue weighted by Gasteiger charge is 2.27. The number of hydrogen-bond donors (Lipinski definition) is 0. The molecular formula is C20H26F3N3. The van der Waals surface area contributed by atoms with E-state index in [-0.39, 0.29) is 23.4 Å². The molecule has 2 heterocycles. The normalized spacial score (nSPS) is 13.9. The van der Waals surface area contributed by atoms with Crippen molar-refractivity contribution in [2.24, 2.45) is 0 Å². The highest BCUT2D eigenvalue weighted by atomic mass is 19.3. The lowest BCUT2D eigenvalue weighted by Gasteiger charge is -2.19. The van der Waals surface area contributed by atoms with Gasteiger partial charge in [-0.05, 0) is 55.9 Å². The summed E-state index contributed by atoms with van der Waals surface area (Å²) in [6.45, 7) is 9.60. The number of alkyl halides is 3. The molecule has 2 rings (SSSR count). The fourth-order valence-corrected chi connectivity index (χ4v) is 2.61. The van der Waals surface area contributed by atoms with Crippen LogP contribution in [-0.4, -0.2) is 15.0 Å². The Labute approximate surface area is 153 Å². The van der Waals surface area contributed by atoms with Crippen LogP contribution in [0.5, 0.6) is 0 Å². The summed E-state index contributed by atoms with van der Waals surface area (Å²) in [7, 11) is 0. The second-order valence-corrected chi connectivity index (χ2v) is 7.70. The SMILES string of the molecule is CC(C)c1cc(CC(C)c2ccnc(C(C)(F)F)c2)nc(C(C)(C)F)n1. The van der Waals surface area contributed by atoms with Crippen molar-refractivity contribution in [3.63, 3.8) is 0 Å². The standard InChI is InChI=1S/C20H26F3N3/c1-12(2)16-11-15(25-18(26-16)19(4,5)21)9-13(3)14-7-8-24-17(10-14)20(6,22)23/h7-8,10-13H,9H2,1-6H3. The van der Waals surface area contributed by atoms with E-state index in [0.29, 0.717) is 12.1 Å². The van der Waals surface area contributed by atoms with Crippen molar-refractivity contribution in [2.45, 2.75) is 71.4 Å². The van der Waals surface area contributed by atoms with Crippen molar-refractivity contribution in [3.8, 4) is 0 Å². The van der Waals surface area contributed by atoms with Gasteiger partial charge < -0.3 is 0 Å². The number of rotatable bonds is 6. The van der Waals surface area contributed by atoms with Gasteiger partial charge in [-0.1, -0.05) is 20.8 Å². The van der Waals surface area contributed by atoms with E-state index < -0.39 is 11.6 Å². The van der Waals surface area contributed by atoms with Crippen molar-refractivity contribution in [3.05, 3.63) is 52.9 Å². The van der Waals surface area contributed by atoms with E-state index in [1.165, 1.54) is 26.1 Å². The van der Waals surface area contributed by atoms with Crippen LogP contribution in [-0.2, 0) is 18.0 Å². The quantitative estimate of drug-likeness (QED) is 0.663. The van der Waals surface area contributed by atoms with Crippen LogP contribution in [0.15, 0.2) is 24.4 Å². The van der Waals surface area contributed by atoms with Crippen LogP contribution in [0.4, 0.5) is 13.2 Å². The Balaban J connectivity index is 2.34. The number of hydrogen-bond acceptors (Lipinski definition) is 3. The average Bonchev–Trinajstić information content (AvgIpc) is 2.53. The molecule has 0 spiro atoms. The molecule has 0 saturated heterocycles. The Morgan fingerprint density at radius 3 is 2.19 bits per heavy atom. The predicted octanol–water partition coefficient (Wildman–Crippen LogP) is 5.66. The second kappa shape index (κ2) is 7.33. The van der Waals surface area contributed by atoms with Gasteiger partial charge in [0.05, 0.1) is 0 Å². The molecule has 142 valence electrons. The summed E-state index contributed by atoms with van der Waals surface area (Å²) in [6.07, 6.45) is 1.90. The van der Waals surface area contributed by atoms with Crippen molar-refractivity contribution in [2.75, 3.05) is 0 Å². The van der Waals surface area contributed by atoms with Crippen molar-refractivity contribution in [1.29, 1.82) is 0 Å². The van der Waals surface area contributed by atoms with Gasteiger partial charge in [0, 0.05) is 24.5 Å². The Hall–Kier alpha value is -1.98. The summed E-state index contributed by atoms with van der Waals surface area (Å²) in [5.41, 5.74) is 0.342. The first-order chi connectivity index (χ1) is 11.9. The molecule has 6 heteroatoms. The Morgan fingerprint density at radius 2 is 1.65 bits per heavy atom. The molecule has 0 aliphatic carbocycles. The topological polar surface area (TPSA) is 38.7 Å². The van der Waals surface area contributed by atoms with Crippen LogP contribution < -0.4 is 0 Å². The summed E-state index contributed by atoms with van der Waals surface area (Å²) in [4.78, 5) is 12.5. The third-order valence-electron chi connectivity index (χ3n) is 4.24. The minimum atomic E-state index is -2.99. The van der Waals surface area contributed by atoms with E-state index in [1.54, 1.807) is 6.07 Å². The Kier molecular flexibility index (Phi) is 5.73. The number of halogens is 3. The van der Waals surface area contributed by atoms with Crippen LogP contribution in [0.1, 0.15) is 81.8 Å².